The maximum Gasteiger partial charge on any atom is 0.393 e. The van der Waals surface area contributed by atoms with Crippen molar-refractivity contribution < 1.29 is 17.9 Å². The van der Waals surface area contributed by atoms with Gasteiger partial charge in [-0.25, -0.2) is 0 Å². The lowest BCUT2D eigenvalue weighted by molar-refractivity contribution is -0.127. The first-order valence-electron chi connectivity index (χ1n) is 9.55. The molecule has 2 N–H and O–H groups in total. The van der Waals surface area contributed by atoms with Crippen LogP contribution in [0.3, 0.4) is 0 Å². The Morgan fingerprint density at radius 1 is 1.25 bits per heavy atom. The minimum Gasteiger partial charge on any atom is -0.376 e. The van der Waals surface area contributed by atoms with Crippen molar-refractivity contribution in [2.45, 2.75) is 50.8 Å². The molecule has 1 aromatic carbocycles. The number of ether oxygens (including phenoxy) is 1. The highest BCUT2D eigenvalue weighted by atomic mass is 19.4. The van der Waals surface area contributed by atoms with E-state index in [9.17, 15) is 13.2 Å². The molecule has 2 aliphatic rings. The van der Waals surface area contributed by atoms with Crippen LogP contribution in [-0.2, 0) is 11.2 Å². The fourth-order valence-corrected chi connectivity index (χ4v) is 3.08. The van der Waals surface area contributed by atoms with Crippen LogP contribution in [0.5, 0.6) is 0 Å². The third-order valence-electron chi connectivity index (χ3n) is 4.71. The lowest BCUT2D eigenvalue weighted by Crippen LogP contribution is -2.22. The topological polar surface area (TPSA) is 60.0 Å². The van der Waals surface area contributed by atoms with Gasteiger partial charge in [0.05, 0.1) is 19.1 Å². The molecule has 0 bridgehead atoms. The fraction of sp³-hybridized carbons (Fsp3) is 0.524. The molecular weight excluding hydrogens is 367 g/mol. The molecule has 7 heteroatoms. The molecule has 28 heavy (non-hydrogen) atoms. The van der Waals surface area contributed by atoms with Gasteiger partial charge in [-0.15, -0.1) is 0 Å². The minimum absolute atomic E-state index is 0.0405. The molecule has 1 aliphatic heterocycles. The van der Waals surface area contributed by atoms with Crippen molar-refractivity contribution in [1.29, 1.82) is 0 Å². The monoisotopic (exact) mass is 391 g/mol. The van der Waals surface area contributed by atoms with Crippen LogP contribution in [0.1, 0.15) is 48.8 Å². The molecule has 1 aromatic rings. The van der Waals surface area contributed by atoms with E-state index in [1.807, 2.05) is 0 Å². The Balaban J connectivity index is 1.79. The van der Waals surface area contributed by atoms with Gasteiger partial charge in [0.2, 0.25) is 0 Å². The first-order chi connectivity index (χ1) is 13.4. The summed E-state index contributed by atoms with van der Waals surface area (Å²) in [5, 5.41) is 3.67. The standard InChI is InChI=1S/C21H24F3N3O/c22-21(23,24)12-17-11-16(7-6-15-4-5-15)8-9-19(17)20(27-25)14-26-13-18-3-1-2-10-28-18/h8-9,11,14-15,18H,1-5,10,12-13,25H2/b26-14?,27-20+. The quantitative estimate of drug-likeness (QED) is 0.359. The van der Waals surface area contributed by atoms with Gasteiger partial charge >= 0.3 is 6.18 Å². The third-order valence-corrected chi connectivity index (χ3v) is 4.71. The molecule has 0 aromatic heterocycles. The molecule has 4 nitrogen and oxygen atoms in total. The number of alkyl halides is 3. The number of aliphatic imine (C=N–C) groups is 1. The second-order valence-corrected chi connectivity index (χ2v) is 7.20. The fourth-order valence-electron chi connectivity index (χ4n) is 3.08. The summed E-state index contributed by atoms with van der Waals surface area (Å²) in [6.45, 7) is 1.16. The molecule has 0 spiro atoms. The highest BCUT2D eigenvalue weighted by molar-refractivity contribution is 6.38. The zero-order valence-corrected chi connectivity index (χ0v) is 15.6. The molecule has 0 amide bonds. The maximum absolute atomic E-state index is 13.1. The van der Waals surface area contributed by atoms with E-state index in [4.69, 9.17) is 10.6 Å². The molecule has 1 heterocycles. The van der Waals surface area contributed by atoms with Gasteiger partial charge in [0.1, 0.15) is 5.71 Å². The summed E-state index contributed by atoms with van der Waals surface area (Å²) >= 11 is 0. The number of benzene rings is 1. The van der Waals surface area contributed by atoms with Crippen molar-refractivity contribution >= 4 is 11.9 Å². The van der Waals surface area contributed by atoms with Crippen LogP contribution in [0.25, 0.3) is 0 Å². The summed E-state index contributed by atoms with van der Waals surface area (Å²) < 4.78 is 44.9. The van der Waals surface area contributed by atoms with Gasteiger partial charge in [0.15, 0.2) is 0 Å². The molecule has 1 saturated carbocycles. The second-order valence-electron chi connectivity index (χ2n) is 7.20. The van der Waals surface area contributed by atoms with E-state index in [1.165, 1.54) is 12.3 Å². The summed E-state index contributed by atoms with van der Waals surface area (Å²) in [5.74, 6) is 11.9. The predicted molar refractivity (Wildman–Crippen MR) is 103 cm³/mol. The number of hydrazone groups is 1. The van der Waals surface area contributed by atoms with Gasteiger partial charge in [-0.3, -0.25) is 4.99 Å². The number of halogens is 3. The average Bonchev–Trinajstić information content (AvgIpc) is 3.48. The molecule has 0 radical (unpaired) electrons. The zero-order chi connectivity index (χ0) is 20.0. The number of rotatable bonds is 5. The summed E-state index contributed by atoms with van der Waals surface area (Å²) in [7, 11) is 0. The lowest BCUT2D eigenvalue weighted by Gasteiger charge is -2.20. The smallest absolute Gasteiger partial charge is 0.376 e. The number of hydrogen-bond acceptors (Lipinski definition) is 4. The second kappa shape index (κ2) is 9.24. The predicted octanol–water partition coefficient (Wildman–Crippen LogP) is 3.86. The van der Waals surface area contributed by atoms with Crippen molar-refractivity contribution in [3.05, 3.63) is 34.9 Å². The van der Waals surface area contributed by atoms with E-state index in [0.717, 1.165) is 38.7 Å². The van der Waals surface area contributed by atoms with E-state index in [0.29, 0.717) is 23.6 Å². The van der Waals surface area contributed by atoms with Gasteiger partial charge in [-0.1, -0.05) is 17.9 Å². The Labute approximate surface area is 163 Å². The number of nitrogens with two attached hydrogens (primary N) is 1. The Kier molecular flexibility index (Phi) is 6.74. The number of hydrogen-bond donors (Lipinski definition) is 1. The Morgan fingerprint density at radius 3 is 2.71 bits per heavy atom. The SMILES string of the molecule is N/N=C(\C=NCC1CCCCO1)c1ccc(C#CC2CC2)cc1CC(F)(F)F. The molecule has 150 valence electrons. The van der Waals surface area contributed by atoms with Crippen LogP contribution < -0.4 is 5.84 Å². The summed E-state index contributed by atoms with van der Waals surface area (Å²) in [5.41, 5.74) is 1.21. The van der Waals surface area contributed by atoms with Crippen molar-refractivity contribution in [3.8, 4) is 11.8 Å². The van der Waals surface area contributed by atoms with Crippen molar-refractivity contribution in [1.82, 2.24) is 0 Å². The highest BCUT2D eigenvalue weighted by Crippen LogP contribution is 2.28. The van der Waals surface area contributed by atoms with Crippen LogP contribution in [0.2, 0.25) is 0 Å². The molecule has 1 atom stereocenters. The van der Waals surface area contributed by atoms with Gasteiger partial charge in [-0.05, 0) is 49.8 Å². The van der Waals surface area contributed by atoms with Gasteiger partial charge in [0, 0.05) is 29.9 Å². The van der Waals surface area contributed by atoms with Gasteiger partial charge in [-0.2, -0.15) is 18.3 Å². The van der Waals surface area contributed by atoms with Gasteiger partial charge in [0.25, 0.3) is 0 Å². The lowest BCUT2D eigenvalue weighted by atomic mass is 9.97. The largest absolute Gasteiger partial charge is 0.393 e. The molecule has 3 rings (SSSR count). The summed E-state index contributed by atoms with van der Waals surface area (Å²) in [4.78, 5) is 4.30. The van der Waals surface area contributed by atoms with E-state index < -0.39 is 12.6 Å². The van der Waals surface area contributed by atoms with Crippen LogP contribution in [0, 0.1) is 17.8 Å². The average molecular weight is 391 g/mol. The molecule has 1 saturated heterocycles. The van der Waals surface area contributed by atoms with E-state index in [2.05, 4.69) is 21.9 Å². The van der Waals surface area contributed by atoms with Gasteiger partial charge < -0.3 is 10.6 Å². The van der Waals surface area contributed by atoms with Crippen LogP contribution in [0.15, 0.2) is 28.3 Å². The van der Waals surface area contributed by atoms with Crippen LogP contribution >= 0.6 is 0 Å². The molecule has 2 fully saturated rings. The molecular formula is C21H24F3N3O. The summed E-state index contributed by atoms with van der Waals surface area (Å²) in [6.07, 6.45) is 1.26. The first kappa shape index (κ1) is 20.4. The first-order valence-corrected chi connectivity index (χ1v) is 9.55. The normalized spacial score (nSPS) is 20.8. The van der Waals surface area contributed by atoms with Crippen molar-refractivity contribution in [2.24, 2.45) is 21.9 Å². The van der Waals surface area contributed by atoms with Crippen molar-refractivity contribution in [3.63, 3.8) is 0 Å². The van der Waals surface area contributed by atoms with Crippen molar-refractivity contribution in [2.75, 3.05) is 13.2 Å². The minimum atomic E-state index is -4.34. The Morgan fingerprint density at radius 2 is 2.07 bits per heavy atom. The van der Waals surface area contributed by atoms with E-state index in [-0.39, 0.29) is 17.4 Å². The summed E-state index contributed by atoms with van der Waals surface area (Å²) in [6, 6.07) is 4.77. The van der Waals surface area contributed by atoms with E-state index >= 15 is 0 Å². The molecule has 1 aliphatic carbocycles. The molecule has 1 unspecified atom stereocenters. The number of nitrogens with zero attached hydrogens (tertiary/aromatic N) is 2. The van der Waals surface area contributed by atoms with E-state index in [1.54, 1.807) is 12.1 Å². The Hall–Kier alpha value is -2.33. The third kappa shape index (κ3) is 6.38. The maximum atomic E-state index is 13.1. The van der Waals surface area contributed by atoms with Crippen LogP contribution in [-0.4, -0.2) is 37.4 Å². The highest BCUT2D eigenvalue weighted by Gasteiger charge is 2.29. The van der Waals surface area contributed by atoms with Crippen LogP contribution in [0.4, 0.5) is 13.2 Å². The Bertz CT molecular complexity index is 795. The zero-order valence-electron chi connectivity index (χ0n) is 15.6.